The number of aromatic nitrogens is 3. The molecule has 2 atom stereocenters. The topological polar surface area (TPSA) is 239 Å². The lowest BCUT2D eigenvalue weighted by Gasteiger charge is -2.18. The van der Waals surface area contributed by atoms with Gasteiger partial charge in [-0.05, 0) is 32.6 Å². The van der Waals surface area contributed by atoms with Crippen molar-refractivity contribution >= 4 is 29.8 Å². The van der Waals surface area contributed by atoms with Crippen molar-refractivity contribution in [3.05, 3.63) is 11.4 Å². The molecule has 1 aromatic heterocycles. The zero-order chi connectivity index (χ0) is 25.0. The van der Waals surface area contributed by atoms with E-state index in [-0.39, 0.29) is 38.4 Å². The van der Waals surface area contributed by atoms with Crippen LogP contribution in [0.1, 0.15) is 43.5 Å². The van der Waals surface area contributed by atoms with Crippen LogP contribution in [-0.2, 0) is 32.3 Å². The largest absolute Gasteiger partial charge is 0.481 e. The summed E-state index contributed by atoms with van der Waals surface area (Å²) in [6.07, 6.45) is -0.0262. The van der Waals surface area contributed by atoms with E-state index in [4.69, 9.17) is 15.9 Å². The second kappa shape index (κ2) is 13.6. The molecule has 15 nitrogen and oxygen atoms in total. The monoisotopic (exact) mass is 471 g/mol. The van der Waals surface area contributed by atoms with Gasteiger partial charge in [0, 0.05) is 19.5 Å². The molecule has 0 saturated heterocycles. The molecule has 8 N–H and O–H groups in total. The third kappa shape index (κ3) is 9.94. The lowest BCUT2D eigenvalue weighted by Crippen LogP contribution is -2.51. The summed E-state index contributed by atoms with van der Waals surface area (Å²) < 4.78 is 1.40. The Bertz CT molecular complexity index is 857. The smallest absolute Gasteiger partial charge is 0.326 e. The summed E-state index contributed by atoms with van der Waals surface area (Å²) in [6, 6.07) is -3.80. The Morgan fingerprint density at radius 3 is 2.15 bits per heavy atom. The molecule has 0 aliphatic heterocycles. The molecule has 184 valence electrons. The van der Waals surface area contributed by atoms with Gasteiger partial charge in [-0.15, -0.1) is 5.10 Å². The van der Waals surface area contributed by atoms with Crippen LogP contribution in [0, 0.1) is 6.92 Å². The fourth-order valence-corrected chi connectivity index (χ4v) is 2.83. The summed E-state index contributed by atoms with van der Waals surface area (Å²) in [5.41, 5.74) is 6.88. The van der Waals surface area contributed by atoms with Crippen LogP contribution in [0.25, 0.3) is 0 Å². The maximum Gasteiger partial charge on any atom is 0.326 e. The normalized spacial score (nSPS) is 12.4. The highest BCUT2D eigenvalue weighted by atomic mass is 16.4. The number of carboxylic acid groups (broad SMARTS) is 3. The average molecular weight is 471 g/mol. The second-order valence-electron chi connectivity index (χ2n) is 7.16. The number of carbonyl (C=O) groups excluding carboxylic acids is 2. The molecule has 0 bridgehead atoms. The minimum atomic E-state index is -1.47. The third-order valence-corrected chi connectivity index (χ3v) is 4.61. The Morgan fingerprint density at radius 1 is 1.00 bits per heavy atom. The van der Waals surface area contributed by atoms with E-state index in [0.29, 0.717) is 24.2 Å². The molecule has 0 spiro atoms. The minimum absolute atomic E-state index is 0.0328. The number of carbonyl (C=O) groups is 5. The van der Waals surface area contributed by atoms with Gasteiger partial charge in [-0.2, -0.15) is 0 Å². The van der Waals surface area contributed by atoms with Gasteiger partial charge in [0.25, 0.3) is 0 Å². The van der Waals surface area contributed by atoms with E-state index in [1.54, 1.807) is 6.92 Å². The van der Waals surface area contributed by atoms with Gasteiger partial charge < -0.3 is 37.0 Å². The van der Waals surface area contributed by atoms with Crippen LogP contribution < -0.4 is 21.7 Å². The maximum atomic E-state index is 12.0. The van der Waals surface area contributed by atoms with E-state index in [1.807, 2.05) is 0 Å². The molecule has 0 radical (unpaired) electrons. The van der Waals surface area contributed by atoms with Gasteiger partial charge in [0.2, 0.25) is 5.91 Å². The van der Waals surface area contributed by atoms with E-state index in [2.05, 4.69) is 26.3 Å². The molecule has 33 heavy (non-hydrogen) atoms. The Morgan fingerprint density at radius 2 is 1.61 bits per heavy atom. The van der Waals surface area contributed by atoms with Gasteiger partial charge in [-0.25, -0.2) is 19.1 Å². The average Bonchev–Trinajstić information content (AvgIpc) is 3.08. The fourth-order valence-electron chi connectivity index (χ4n) is 2.83. The Hall–Kier alpha value is -3.75. The van der Waals surface area contributed by atoms with Crippen LogP contribution in [0.5, 0.6) is 0 Å². The van der Waals surface area contributed by atoms with Crippen LogP contribution in [0.2, 0.25) is 0 Å². The summed E-state index contributed by atoms with van der Waals surface area (Å²) >= 11 is 0. The molecule has 1 rings (SSSR count). The Balaban J connectivity index is 2.40. The number of nitrogens with zero attached hydrogens (tertiary/aromatic N) is 3. The van der Waals surface area contributed by atoms with Crippen LogP contribution in [0.3, 0.4) is 0 Å². The van der Waals surface area contributed by atoms with Crippen LogP contribution in [0.15, 0.2) is 0 Å². The summed E-state index contributed by atoms with van der Waals surface area (Å²) in [4.78, 5) is 57.0. The highest BCUT2D eigenvalue weighted by Gasteiger charge is 2.24. The standard InChI is InChI=1S/C18H29N7O8/c1-10-13(8-19)25(24-23-10)9-14(26)20-7-3-2-4-11(16(29)30)21-18(33)22-12(17(31)32)5-6-15(27)28/h11-12H,2-9,19H2,1H3,(H,20,26)(H,27,28)(H,29,30)(H,31,32)(H2,21,22,33)/t11-,12-/m0/s1. The number of aliphatic carboxylic acids is 3. The van der Waals surface area contributed by atoms with E-state index in [1.165, 1.54) is 4.68 Å². The van der Waals surface area contributed by atoms with Crippen molar-refractivity contribution in [3.63, 3.8) is 0 Å². The molecule has 0 fully saturated rings. The molecule has 3 amide bonds. The Labute approximate surface area is 188 Å². The molecular formula is C18H29N7O8. The van der Waals surface area contributed by atoms with Crippen LogP contribution in [0.4, 0.5) is 4.79 Å². The number of carboxylic acids is 3. The second-order valence-corrected chi connectivity index (χ2v) is 7.16. The molecule has 0 aromatic carbocycles. The maximum absolute atomic E-state index is 12.0. The molecule has 0 aliphatic rings. The van der Waals surface area contributed by atoms with E-state index in [9.17, 15) is 29.1 Å². The highest BCUT2D eigenvalue weighted by Crippen LogP contribution is 2.04. The van der Waals surface area contributed by atoms with Crippen molar-refractivity contribution in [1.82, 2.24) is 30.9 Å². The molecule has 0 aliphatic carbocycles. The van der Waals surface area contributed by atoms with Crippen molar-refractivity contribution in [2.75, 3.05) is 6.54 Å². The van der Waals surface area contributed by atoms with Crippen molar-refractivity contribution < 1.29 is 39.3 Å². The Kier molecular flexibility index (Phi) is 11.3. The third-order valence-electron chi connectivity index (χ3n) is 4.61. The minimum Gasteiger partial charge on any atom is -0.481 e. The zero-order valence-corrected chi connectivity index (χ0v) is 18.1. The lowest BCUT2D eigenvalue weighted by molar-refractivity contribution is -0.140. The number of amides is 3. The summed E-state index contributed by atoms with van der Waals surface area (Å²) in [5, 5.41) is 41.5. The number of hydrogen-bond donors (Lipinski definition) is 7. The van der Waals surface area contributed by atoms with Crippen molar-refractivity contribution in [2.45, 2.75) is 64.2 Å². The van der Waals surface area contributed by atoms with Gasteiger partial charge in [0.05, 0.1) is 11.4 Å². The summed E-state index contributed by atoms with van der Waals surface area (Å²) in [7, 11) is 0. The van der Waals surface area contributed by atoms with Crippen LogP contribution >= 0.6 is 0 Å². The molecule has 15 heteroatoms. The van der Waals surface area contributed by atoms with Crippen molar-refractivity contribution in [2.24, 2.45) is 5.73 Å². The van der Waals surface area contributed by atoms with Gasteiger partial charge in [-0.1, -0.05) is 5.21 Å². The van der Waals surface area contributed by atoms with E-state index >= 15 is 0 Å². The van der Waals surface area contributed by atoms with Gasteiger partial charge >= 0.3 is 23.9 Å². The SMILES string of the molecule is Cc1nnn(CC(=O)NCCCC[C@H](NC(=O)N[C@@H](CCC(=O)O)C(=O)O)C(=O)O)c1CN. The molecular weight excluding hydrogens is 442 g/mol. The van der Waals surface area contributed by atoms with Crippen molar-refractivity contribution in [1.29, 1.82) is 0 Å². The predicted molar refractivity (Wildman–Crippen MR) is 111 cm³/mol. The number of unbranched alkanes of at least 4 members (excludes halogenated alkanes) is 1. The number of hydrogen-bond acceptors (Lipinski definition) is 8. The first-order valence-electron chi connectivity index (χ1n) is 10.1. The van der Waals surface area contributed by atoms with Gasteiger partial charge in [-0.3, -0.25) is 9.59 Å². The van der Waals surface area contributed by atoms with Crippen LogP contribution in [-0.4, -0.2) is 78.8 Å². The van der Waals surface area contributed by atoms with Gasteiger partial charge in [0.15, 0.2) is 0 Å². The summed E-state index contributed by atoms with van der Waals surface area (Å²) in [5.74, 6) is -4.30. The van der Waals surface area contributed by atoms with Gasteiger partial charge in [0.1, 0.15) is 18.6 Å². The first-order chi connectivity index (χ1) is 15.5. The number of rotatable bonds is 15. The molecule has 1 aromatic rings. The molecule has 1 heterocycles. The summed E-state index contributed by atoms with van der Waals surface area (Å²) in [6.45, 7) is 2.13. The molecule has 0 unspecified atom stereocenters. The zero-order valence-electron chi connectivity index (χ0n) is 18.1. The first-order valence-corrected chi connectivity index (χ1v) is 10.1. The first kappa shape index (κ1) is 27.3. The predicted octanol–water partition coefficient (Wildman–Crippen LogP) is -1.60. The quantitative estimate of drug-likeness (QED) is 0.144. The number of aryl methyl sites for hydroxylation is 1. The number of urea groups is 1. The van der Waals surface area contributed by atoms with E-state index in [0.717, 1.165) is 0 Å². The number of nitrogens with two attached hydrogens (primary N) is 1. The number of nitrogens with one attached hydrogen (secondary N) is 3. The molecule has 0 saturated carbocycles. The van der Waals surface area contributed by atoms with E-state index < -0.39 is 42.4 Å². The lowest BCUT2D eigenvalue weighted by atomic mass is 10.1. The highest BCUT2D eigenvalue weighted by molar-refractivity contribution is 5.86. The fraction of sp³-hybridized carbons (Fsp3) is 0.611. The van der Waals surface area contributed by atoms with Crippen molar-refractivity contribution in [3.8, 4) is 0 Å².